The first kappa shape index (κ1) is 16.4. The van der Waals surface area contributed by atoms with E-state index in [1.54, 1.807) is 12.3 Å². The Labute approximate surface area is 141 Å². The van der Waals surface area contributed by atoms with Crippen LogP contribution >= 0.6 is 11.8 Å². The number of halogens is 3. The molecule has 3 nitrogen and oxygen atoms in total. The molecular formula is C17H14F3N3S. The molecule has 0 aliphatic heterocycles. The van der Waals surface area contributed by atoms with E-state index in [1.165, 1.54) is 28.6 Å². The molecule has 0 aliphatic carbocycles. The number of thioether (sulfide) groups is 1. The zero-order chi connectivity index (χ0) is 17.2. The summed E-state index contributed by atoms with van der Waals surface area (Å²) in [5, 5.41) is 0.464. The number of alkyl halides is 3. The van der Waals surface area contributed by atoms with Gasteiger partial charge in [-0.3, -0.25) is 0 Å². The number of aromatic nitrogens is 2. The Morgan fingerprint density at radius 3 is 2.38 bits per heavy atom. The van der Waals surface area contributed by atoms with E-state index in [9.17, 15) is 13.2 Å². The molecule has 0 spiro atoms. The second kappa shape index (κ2) is 6.60. The smallest absolute Gasteiger partial charge is 0.337 e. The van der Waals surface area contributed by atoms with Crippen molar-refractivity contribution in [3.8, 4) is 11.3 Å². The highest BCUT2D eigenvalue weighted by atomic mass is 32.2. The zero-order valence-electron chi connectivity index (χ0n) is 12.5. The summed E-state index contributed by atoms with van der Waals surface area (Å²) >= 11 is 1.17. The molecule has 0 amide bonds. The molecule has 0 fully saturated rings. The molecule has 0 aliphatic rings. The van der Waals surface area contributed by atoms with Crippen molar-refractivity contribution in [2.75, 3.05) is 5.84 Å². The molecule has 2 N–H and O–H groups in total. The van der Waals surface area contributed by atoms with Gasteiger partial charge in [0, 0.05) is 11.3 Å². The lowest BCUT2D eigenvalue weighted by Gasteiger charge is -2.11. The van der Waals surface area contributed by atoms with Gasteiger partial charge in [0.25, 0.3) is 0 Å². The first-order valence-corrected chi connectivity index (χ1v) is 8.11. The average Bonchev–Trinajstić information content (AvgIpc) is 2.94. The van der Waals surface area contributed by atoms with Crippen molar-refractivity contribution in [2.24, 2.45) is 0 Å². The highest BCUT2D eigenvalue weighted by molar-refractivity contribution is 7.98. The van der Waals surface area contributed by atoms with Crippen molar-refractivity contribution in [3.05, 3.63) is 71.9 Å². The topological polar surface area (TPSA) is 43.8 Å². The highest BCUT2D eigenvalue weighted by Crippen LogP contribution is 2.34. The van der Waals surface area contributed by atoms with Crippen LogP contribution < -0.4 is 5.84 Å². The Morgan fingerprint density at radius 2 is 1.67 bits per heavy atom. The van der Waals surface area contributed by atoms with Crippen LogP contribution in [-0.4, -0.2) is 9.66 Å². The van der Waals surface area contributed by atoms with Crippen LogP contribution in [0.5, 0.6) is 0 Å². The van der Waals surface area contributed by atoms with Crippen molar-refractivity contribution in [1.82, 2.24) is 9.66 Å². The number of rotatable bonds is 4. The minimum Gasteiger partial charge on any atom is -0.337 e. The Hall–Kier alpha value is -2.41. The SMILES string of the molecule is Nn1cc(-c2ccccc2)nc1SCc1ccccc1C(F)(F)F. The summed E-state index contributed by atoms with van der Waals surface area (Å²) in [6.45, 7) is 0. The summed E-state index contributed by atoms with van der Waals surface area (Å²) in [6.07, 6.45) is -2.71. The molecular weight excluding hydrogens is 335 g/mol. The molecule has 24 heavy (non-hydrogen) atoms. The maximum atomic E-state index is 13.0. The molecule has 1 heterocycles. The minimum absolute atomic E-state index is 0.137. The van der Waals surface area contributed by atoms with Crippen LogP contribution in [-0.2, 0) is 11.9 Å². The van der Waals surface area contributed by atoms with E-state index in [-0.39, 0.29) is 11.3 Å². The van der Waals surface area contributed by atoms with Gasteiger partial charge in [-0.05, 0) is 11.6 Å². The lowest BCUT2D eigenvalue weighted by atomic mass is 10.1. The number of nitrogen functional groups attached to an aromatic ring is 1. The number of benzene rings is 2. The van der Waals surface area contributed by atoms with E-state index < -0.39 is 11.7 Å². The van der Waals surface area contributed by atoms with Crippen molar-refractivity contribution in [3.63, 3.8) is 0 Å². The Morgan fingerprint density at radius 1 is 1.00 bits per heavy atom. The summed E-state index contributed by atoms with van der Waals surface area (Å²) in [5.74, 6) is 6.01. The normalized spacial score (nSPS) is 11.6. The van der Waals surface area contributed by atoms with E-state index in [2.05, 4.69) is 4.98 Å². The standard InChI is InChI=1S/C17H14F3N3S/c18-17(19,20)14-9-5-4-8-13(14)11-24-16-22-15(10-23(16)21)12-6-2-1-3-7-12/h1-10H,11,21H2. The fraction of sp³-hybridized carbons (Fsp3) is 0.118. The largest absolute Gasteiger partial charge is 0.416 e. The first-order valence-electron chi connectivity index (χ1n) is 7.13. The monoisotopic (exact) mass is 349 g/mol. The third-order valence-electron chi connectivity index (χ3n) is 3.45. The first-order chi connectivity index (χ1) is 11.4. The molecule has 0 saturated heterocycles. The molecule has 0 atom stereocenters. The minimum atomic E-state index is -4.37. The van der Waals surface area contributed by atoms with Crippen molar-refractivity contribution >= 4 is 11.8 Å². The van der Waals surface area contributed by atoms with Crippen LogP contribution in [0.3, 0.4) is 0 Å². The third-order valence-corrected chi connectivity index (χ3v) is 4.46. The Balaban J connectivity index is 1.80. The van der Waals surface area contributed by atoms with Crippen LogP contribution in [0.25, 0.3) is 11.3 Å². The van der Waals surface area contributed by atoms with Gasteiger partial charge in [0.15, 0.2) is 5.16 Å². The van der Waals surface area contributed by atoms with Gasteiger partial charge in [-0.2, -0.15) is 13.2 Å². The second-order valence-corrected chi connectivity index (χ2v) is 6.07. The molecule has 0 unspecified atom stereocenters. The summed E-state index contributed by atoms with van der Waals surface area (Å²) in [6, 6.07) is 15.0. The van der Waals surface area contributed by atoms with Gasteiger partial charge in [0.1, 0.15) is 0 Å². The number of nitrogens with two attached hydrogens (primary N) is 1. The predicted molar refractivity (Wildman–Crippen MR) is 88.8 cm³/mol. The molecule has 1 aromatic heterocycles. The summed E-state index contributed by atoms with van der Waals surface area (Å²) < 4.78 is 40.4. The number of hydrogen-bond acceptors (Lipinski definition) is 3. The zero-order valence-corrected chi connectivity index (χ0v) is 13.3. The average molecular weight is 349 g/mol. The lowest BCUT2D eigenvalue weighted by Crippen LogP contribution is -2.10. The van der Waals surface area contributed by atoms with Gasteiger partial charge in [-0.1, -0.05) is 60.3 Å². The quantitative estimate of drug-likeness (QED) is 0.554. The molecule has 0 radical (unpaired) electrons. The summed E-state index contributed by atoms with van der Waals surface area (Å²) in [5.41, 5.74) is 1.17. The van der Waals surface area contributed by atoms with Crippen LogP contribution in [0.2, 0.25) is 0 Å². The van der Waals surface area contributed by atoms with E-state index in [0.29, 0.717) is 10.9 Å². The van der Waals surface area contributed by atoms with E-state index in [1.807, 2.05) is 30.3 Å². The van der Waals surface area contributed by atoms with Gasteiger partial charge in [0.05, 0.1) is 17.5 Å². The van der Waals surface area contributed by atoms with Crippen molar-refractivity contribution in [1.29, 1.82) is 0 Å². The van der Waals surface area contributed by atoms with Gasteiger partial charge in [-0.15, -0.1) is 0 Å². The Kier molecular flexibility index (Phi) is 4.53. The Bertz CT molecular complexity index is 829. The van der Waals surface area contributed by atoms with Crippen LogP contribution in [0.15, 0.2) is 66.0 Å². The highest BCUT2D eigenvalue weighted by Gasteiger charge is 2.32. The van der Waals surface area contributed by atoms with E-state index >= 15 is 0 Å². The molecule has 3 rings (SSSR count). The second-order valence-electron chi connectivity index (χ2n) is 5.13. The summed E-state index contributed by atoms with van der Waals surface area (Å²) in [4.78, 5) is 4.41. The number of imidazole rings is 1. The fourth-order valence-corrected chi connectivity index (χ4v) is 3.20. The van der Waals surface area contributed by atoms with Gasteiger partial charge >= 0.3 is 6.18 Å². The van der Waals surface area contributed by atoms with E-state index in [4.69, 9.17) is 5.84 Å². The molecule has 2 aromatic carbocycles. The predicted octanol–water partition coefficient (Wildman–Crippen LogP) is 4.58. The third kappa shape index (κ3) is 3.56. The molecule has 0 bridgehead atoms. The number of nitrogens with zero attached hydrogens (tertiary/aromatic N) is 2. The molecule has 124 valence electrons. The maximum absolute atomic E-state index is 13.0. The van der Waals surface area contributed by atoms with Crippen molar-refractivity contribution < 1.29 is 13.2 Å². The molecule has 3 aromatic rings. The summed E-state index contributed by atoms with van der Waals surface area (Å²) in [7, 11) is 0. The molecule has 7 heteroatoms. The van der Waals surface area contributed by atoms with E-state index in [0.717, 1.165) is 11.6 Å². The maximum Gasteiger partial charge on any atom is 0.416 e. The van der Waals surface area contributed by atoms with Crippen LogP contribution in [0, 0.1) is 0 Å². The fourth-order valence-electron chi connectivity index (χ4n) is 2.30. The van der Waals surface area contributed by atoms with Gasteiger partial charge in [0.2, 0.25) is 0 Å². The van der Waals surface area contributed by atoms with Crippen LogP contribution in [0.4, 0.5) is 13.2 Å². The van der Waals surface area contributed by atoms with Crippen LogP contribution in [0.1, 0.15) is 11.1 Å². The molecule has 0 saturated carbocycles. The number of hydrogen-bond donors (Lipinski definition) is 1. The lowest BCUT2D eigenvalue weighted by molar-refractivity contribution is -0.138. The van der Waals surface area contributed by atoms with Gasteiger partial charge < -0.3 is 5.84 Å². The van der Waals surface area contributed by atoms with Crippen molar-refractivity contribution in [2.45, 2.75) is 17.1 Å². The van der Waals surface area contributed by atoms with Gasteiger partial charge in [-0.25, -0.2) is 9.66 Å².